The van der Waals surface area contributed by atoms with Gasteiger partial charge in [0.1, 0.15) is 0 Å². The van der Waals surface area contributed by atoms with E-state index in [9.17, 15) is 8.42 Å². The Balaban J connectivity index is 1.63. The van der Waals surface area contributed by atoms with Crippen molar-refractivity contribution >= 4 is 59.5 Å². The van der Waals surface area contributed by atoms with Crippen molar-refractivity contribution in [3.05, 3.63) is 60.7 Å². The van der Waals surface area contributed by atoms with Crippen LogP contribution in [0.3, 0.4) is 0 Å². The molecular weight excluding hydrogens is 392 g/mol. The van der Waals surface area contributed by atoms with Gasteiger partial charge in [-0.3, -0.25) is 4.72 Å². The van der Waals surface area contributed by atoms with E-state index in [2.05, 4.69) is 14.7 Å². The molecule has 0 amide bonds. The molecule has 0 aliphatic carbocycles. The lowest BCUT2D eigenvalue weighted by Gasteiger charge is -2.09. The fraction of sp³-hybridized carbons (Fsp3) is 0.100. The summed E-state index contributed by atoms with van der Waals surface area (Å²) in [5.74, 6) is 0. The minimum absolute atomic E-state index is 0.229. The van der Waals surface area contributed by atoms with Crippen LogP contribution >= 0.6 is 11.3 Å². The number of anilines is 1. The predicted molar refractivity (Wildman–Crippen MR) is 116 cm³/mol. The van der Waals surface area contributed by atoms with Crippen LogP contribution in [0.25, 0.3) is 21.0 Å². The highest BCUT2D eigenvalue weighted by molar-refractivity contribution is 7.92. The van der Waals surface area contributed by atoms with Gasteiger partial charge in [-0.15, -0.1) is 0 Å². The van der Waals surface area contributed by atoms with Gasteiger partial charge in [-0.25, -0.2) is 18.4 Å². The number of fused-ring (bicyclic) bond motifs is 2. The first-order valence-electron chi connectivity index (χ1n) is 8.53. The Bertz CT molecular complexity index is 1290. The second-order valence-electron chi connectivity index (χ2n) is 6.50. The number of benzene rings is 3. The number of hydrogen-bond acceptors (Lipinski definition) is 5. The minimum Gasteiger partial charge on any atom is -0.369 e. The smallest absolute Gasteiger partial charge is 0.261 e. The number of rotatable bonds is 5. The molecule has 1 heterocycles. The lowest BCUT2D eigenvalue weighted by atomic mass is 10.1. The third-order valence-corrected chi connectivity index (χ3v) is 6.36. The number of sulfonamides is 1. The fourth-order valence-electron chi connectivity index (χ4n) is 2.74. The maximum atomic E-state index is 12.8. The highest BCUT2D eigenvalue weighted by atomic mass is 32.2. The molecule has 0 spiro atoms. The topological polar surface area (TPSA) is 74.7 Å². The van der Waals surface area contributed by atoms with E-state index in [1.807, 2.05) is 49.3 Å². The standard InChI is InChI=1S/C20H18N4O2S2/c1-24(2)13-21-20-22-18-10-8-16(12-19(18)27-20)23-28(25,26)17-9-7-14-5-3-4-6-15(14)11-17/h3-13,23H,1-2H3. The second-order valence-corrected chi connectivity index (χ2v) is 9.19. The first-order valence-corrected chi connectivity index (χ1v) is 10.8. The van der Waals surface area contributed by atoms with Crippen molar-refractivity contribution in [3.8, 4) is 0 Å². The molecule has 4 aromatic rings. The van der Waals surface area contributed by atoms with E-state index < -0.39 is 10.0 Å². The van der Waals surface area contributed by atoms with Gasteiger partial charge < -0.3 is 4.90 Å². The van der Waals surface area contributed by atoms with Gasteiger partial charge in [-0.05, 0) is 41.1 Å². The van der Waals surface area contributed by atoms with Crippen LogP contribution in [-0.2, 0) is 10.0 Å². The third kappa shape index (κ3) is 3.83. The van der Waals surface area contributed by atoms with Crippen LogP contribution in [0.1, 0.15) is 0 Å². The predicted octanol–water partition coefficient (Wildman–Crippen LogP) is 4.47. The number of aliphatic imine (C=N–C) groups is 1. The normalized spacial score (nSPS) is 12.1. The maximum Gasteiger partial charge on any atom is 0.261 e. The van der Waals surface area contributed by atoms with E-state index in [1.165, 1.54) is 11.3 Å². The quantitative estimate of drug-likeness (QED) is 0.389. The lowest BCUT2D eigenvalue weighted by molar-refractivity contribution is 0.601. The number of hydrogen-bond donors (Lipinski definition) is 1. The summed E-state index contributed by atoms with van der Waals surface area (Å²) >= 11 is 1.41. The van der Waals surface area contributed by atoms with Crippen LogP contribution in [0.5, 0.6) is 0 Å². The van der Waals surface area contributed by atoms with Gasteiger partial charge in [-0.2, -0.15) is 0 Å². The van der Waals surface area contributed by atoms with Crippen molar-refractivity contribution in [2.45, 2.75) is 4.90 Å². The van der Waals surface area contributed by atoms with Crippen molar-refractivity contribution in [2.24, 2.45) is 4.99 Å². The fourth-order valence-corrected chi connectivity index (χ4v) is 4.67. The molecule has 0 aliphatic heterocycles. The zero-order valence-corrected chi connectivity index (χ0v) is 17.0. The van der Waals surface area contributed by atoms with Gasteiger partial charge in [0.15, 0.2) is 0 Å². The minimum atomic E-state index is -3.69. The monoisotopic (exact) mass is 410 g/mol. The molecule has 0 bridgehead atoms. The van der Waals surface area contributed by atoms with E-state index >= 15 is 0 Å². The summed E-state index contributed by atoms with van der Waals surface area (Å²) < 4.78 is 29.1. The zero-order valence-electron chi connectivity index (χ0n) is 15.3. The lowest BCUT2D eigenvalue weighted by Crippen LogP contribution is -2.12. The molecule has 1 N–H and O–H groups in total. The van der Waals surface area contributed by atoms with Crippen LogP contribution in [0.2, 0.25) is 0 Å². The summed E-state index contributed by atoms with van der Waals surface area (Å²) in [6.07, 6.45) is 1.68. The molecule has 3 aromatic carbocycles. The molecule has 0 saturated heterocycles. The van der Waals surface area contributed by atoms with Crippen molar-refractivity contribution in [1.82, 2.24) is 9.88 Å². The first kappa shape index (κ1) is 18.4. The Morgan fingerprint density at radius 3 is 2.61 bits per heavy atom. The largest absolute Gasteiger partial charge is 0.369 e. The van der Waals surface area contributed by atoms with Crippen LogP contribution < -0.4 is 4.72 Å². The molecule has 1 aromatic heterocycles. The Kier molecular flexibility index (Phi) is 4.74. The van der Waals surface area contributed by atoms with E-state index in [4.69, 9.17) is 0 Å². The average Bonchev–Trinajstić information content (AvgIpc) is 3.08. The van der Waals surface area contributed by atoms with Crippen LogP contribution in [-0.4, -0.2) is 38.7 Å². The van der Waals surface area contributed by atoms with Gasteiger partial charge in [-0.1, -0.05) is 41.7 Å². The molecule has 0 aliphatic rings. The van der Waals surface area contributed by atoms with Gasteiger partial charge in [0, 0.05) is 14.1 Å². The van der Waals surface area contributed by atoms with Crippen molar-refractivity contribution < 1.29 is 8.42 Å². The number of thiazole rings is 1. The molecular formula is C20H18N4O2S2. The highest BCUT2D eigenvalue weighted by Gasteiger charge is 2.15. The average molecular weight is 411 g/mol. The summed E-state index contributed by atoms with van der Waals surface area (Å²) in [5.41, 5.74) is 1.28. The van der Waals surface area contributed by atoms with Gasteiger partial charge in [0.05, 0.1) is 27.1 Å². The summed E-state index contributed by atoms with van der Waals surface area (Å²) in [7, 11) is 0.0807. The Morgan fingerprint density at radius 2 is 1.82 bits per heavy atom. The third-order valence-electron chi connectivity index (χ3n) is 4.06. The van der Waals surface area contributed by atoms with E-state index in [-0.39, 0.29) is 4.90 Å². The second kappa shape index (κ2) is 7.21. The molecule has 0 radical (unpaired) electrons. The molecule has 142 valence electrons. The van der Waals surface area contributed by atoms with E-state index in [0.717, 1.165) is 21.0 Å². The Labute approximate surface area is 167 Å². The molecule has 8 heteroatoms. The Hall–Kier alpha value is -2.97. The van der Waals surface area contributed by atoms with Crippen molar-refractivity contribution in [3.63, 3.8) is 0 Å². The Morgan fingerprint density at radius 1 is 1.04 bits per heavy atom. The van der Waals surface area contributed by atoms with Gasteiger partial charge in [0.25, 0.3) is 10.0 Å². The molecule has 0 fully saturated rings. The molecule has 6 nitrogen and oxygen atoms in total. The van der Waals surface area contributed by atoms with Crippen LogP contribution in [0, 0.1) is 0 Å². The molecule has 28 heavy (non-hydrogen) atoms. The first-order chi connectivity index (χ1) is 13.4. The zero-order chi connectivity index (χ0) is 19.7. The number of aromatic nitrogens is 1. The molecule has 0 unspecified atom stereocenters. The van der Waals surface area contributed by atoms with Crippen molar-refractivity contribution in [2.75, 3.05) is 18.8 Å². The summed E-state index contributed by atoms with van der Waals surface area (Å²) in [5, 5.41) is 2.50. The van der Waals surface area contributed by atoms with Crippen LogP contribution in [0.4, 0.5) is 10.8 Å². The summed E-state index contributed by atoms with van der Waals surface area (Å²) in [4.78, 5) is 10.8. The number of nitrogens with zero attached hydrogens (tertiary/aromatic N) is 3. The molecule has 0 atom stereocenters. The summed E-state index contributed by atoms with van der Waals surface area (Å²) in [6, 6.07) is 18.0. The SMILES string of the molecule is CN(C)C=Nc1nc2ccc(NS(=O)(=O)c3ccc4ccccc4c3)cc2s1. The van der Waals surface area contributed by atoms with Crippen LogP contribution in [0.15, 0.2) is 70.6 Å². The van der Waals surface area contributed by atoms with Gasteiger partial charge >= 0.3 is 0 Å². The van der Waals surface area contributed by atoms with E-state index in [0.29, 0.717) is 10.8 Å². The maximum absolute atomic E-state index is 12.8. The van der Waals surface area contributed by atoms with Gasteiger partial charge in [0.2, 0.25) is 5.13 Å². The molecule has 0 saturated carbocycles. The number of nitrogens with one attached hydrogen (secondary N) is 1. The van der Waals surface area contributed by atoms with E-state index in [1.54, 1.807) is 36.7 Å². The highest BCUT2D eigenvalue weighted by Crippen LogP contribution is 2.31. The molecule has 4 rings (SSSR count). The van der Waals surface area contributed by atoms with Crippen molar-refractivity contribution in [1.29, 1.82) is 0 Å². The summed E-state index contributed by atoms with van der Waals surface area (Å²) in [6.45, 7) is 0.